The van der Waals surface area contributed by atoms with Crippen molar-refractivity contribution in [3.05, 3.63) is 51.1 Å². The Morgan fingerprint density at radius 3 is 2.58 bits per heavy atom. The average Bonchev–Trinajstić information content (AvgIpc) is 2.86. The van der Waals surface area contributed by atoms with Gasteiger partial charge in [-0.25, -0.2) is 0 Å². The fourth-order valence-electron chi connectivity index (χ4n) is 1.84. The Morgan fingerprint density at radius 2 is 2.00 bits per heavy atom. The molecule has 0 unspecified atom stereocenters. The second kappa shape index (κ2) is 6.87. The van der Waals surface area contributed by atoms with Crippen molar-refractivity contribution >= 4 is 38.9 Å². The molecule has 0 saturated carbocycles. The van der Waals surface area contributed by atoms with Crippen LogP contribution in [0.3, 0.4) is 0 Å². The smallest absolute Gasteiger partial charge is 0.269 e. The Bertz CT molecular complexity index is 538. The van der Waals surface area contributed by atoms with Crippen LogP contribution in [-0.4, -0.2) is 12.5 Å². The zero-order valence-electron chi connectivity index (χ0n) is 10.8. The largest absolute Gasteiger partial charge is 0.308 e. The van der Waals surface area contributed by atoms with Gasteiger partial charge >= 0.3 is 0 Å². The summed E-state index contributed by atoms with van der Waals surface area (Å²) < 4.78 is 0.875. The molecule has 19 heavy (non-hydrogen) atoms. The number of nitrogens with zero attached hydrogens (tertiary/aromatic N) is 1. The first kappa shape index (κ1) is 14.3. The van der Waals surface area contributed by atoms with E-state index in [1.807, 2.05) is 46.7 Å². The predicted octanol–water partition coefficient (Wildman–Crippen LogP) is 4.96. The number of amides is 1. The molecular weight excluding hydrogens is 322 g/mol. The number of hydrogen-bond acceptors (Lipinski definition) is 2. The Kier molecular flexibility index (Phi) is 5.16. The monoisotopic (exact) mass is 337 g/mol. The average molecular weight is 338 g/mol. The van der Waals surface area contributed by atoms with Crippen molar-refractivity contribution in [1.29, 1.82) is 0 Å². The quantitative estimate of drug-likeness (QED) is 0.755. The third-order valence-corrected chi connectivity index (χ3v) is 4.69. The molecule has 0 radical (unpaired) electrons. The Balaban J connectivity index is 2.28. The molecule has 2 aromatic rings. The van der Waals surface area contributed by atoms with E-state index in [9.17, 15) is 4.79 Å². The highest BCUT2D eigenvalue weighted by atomic mass is 79.9. The van der Waals surface area contributed by atoms with Gasteiger partial charge in [-0.05, 0) is 45.9 Å². The molecule has 0 bridgehead atoms. The highest BCUT2D eigenvalue weighted by Gasteiger charge is 2.20. The molecule has 1 aromatic carbocycles. The van der Waals surface area contributed by atoms with Crippen molar-refractivity contribution in [2.24, 2.45) is 0 Å². The summed E-state index contributed by atoms with van der Waals surface area (Å²) in [5.74, 6) is 0.0709. The van der Waals surface area contributed by atoms with E-state index in [-0.39, 0.29) is 5.91 Å². The molecule has 0 spiro atoms. The number of halogens is 1. The first-order valence-corrected chi connectivity index (χ1v) is 8.01. The fourth-order valence-corrected chi connectivity index (χ4v) is 3.33. The number of hydrogen-bond donors (Lipinski definition) is 0. The minimum absolute atomic E-state index is 0.0709. The number of carbonyl (C=O) groups is 1. The van der Waals surface area contributed by atoms with Crippen LogP contribution in [0.2, 0.25) is 0 Å². The fraction of sp³-hybridized carbons (Fsp3) is 0.267. The summed E-state index contributed by atoms with van der Waals surface area (Å²) in [4.78, 5) is 15.3. The van der Waals surface area contributed by atoms with E-state index in [4.69, 9.17) is 0 Å². The van der Waals surface area contributed by atoms with E-state index in [0.29, 0.717) is 0 Å². The molecule has 0 aliphatic carbocycles. The van der Waals surface area contributed by atoms with Crippen LogP contribution < -0.4 is 4.90 Å². The molecule has 0 aliphatic rings. The van der Waals surface area contributed by atoms with Gasteiger partial charge in [0.05, 0.1) is 0 Å². The number of anilines is 1. The zero-order chi connectivity index (χ0) is 13.7. The molecule has 1 heterocycles. The topological polar surface area (TPSA) is 20.3 Å². The van der Waals surface area contributed by atoms with Gasteiger partial charge in [0.15, 0.2) is 0 Å². The minimum atomic E-state index is 0.0709. The van der Waals surface area contributed by atoms with E-state index in [2.05, 4.69) is 22.9 Å². The SMILES string of the molecule is CCCCN(C(=O)c1sccc1Br)c1ccccc1. The normalized spacial score (nSPS) is 10.4. The predicted molar refractivity (Wildman–Crippen MR) is 85.0 cm³/mol. The van der Waals surface area contributed by atoms with Crippen LogP contribution in [0.5, 0.6) is 0 Å². The molecule has 0 aliphatic heterocycles. The molecule has 0 N–H and O–H groups in total. The molecule has 0 saturated heterocycles. The van der Waals surface area contributed by atoms with E-state index in [1.165, 1.54) is 11.3 Å². The van der Waals surface area contributed by atoms with Gasteiger partial charge in [0.1, 0.15) is 4.88 Å². The molecule has 1 amide bonds. The Morgan fingerprint density at radius 1 is 1.26 bits per heavy atom. The maximum absolute atomic E-state index is 12.6. The van der Waals surface area contributed by atoms with Crippen LogP contribution in [0.1, 0.15) is 29.4 Å². The van der Waals surface area contributed by atoms with Gasteiger partial charge in [-0.1, -0.05) is 31.5 Å². The molecule has 0 fully saturated rings. The van der Waals surface area contributed by atoms with E-state index < -0.39 is 0 Å². The second-order valence-corrected chi connectivity index (χ2v) is 6.01. The Hall–Kier alpha value is -1.13. The van der Waals surface area contributed by atoms with Crippen molar-refractivity contribution in [2.45, 2.75) is 19.8 Å². The lowest BCUT2D eigenvalue weighted by molar-refractivity contribution is 0.0990. The summed E-state index contributed by atoms with van der Waals surface area (Å²) in [6, 6.07) is 11.8. The van der Waals surface area contributed by atoms with Crippen LogP contribution in [0, 0.1) is 0 Å². The van der Waals surface area contributed by atoms with Crippen LogP contribution in [0.15, 0.2) is 46.3 Å². The van der Waals surface area contributed by atoms with Gasteiger partial charge in [-0.2, -0.15) is 0 Å². The van der Waals surface area contributed by atoms with Crippen molar-refractivity contribution in [3.63, 3.8) is 0 Å². The summed E-state index contributed by atoms with van der Waals surface area (Å²) in [6.45, 7) is 2.89. The van der Waals surface area contributed by atoms with E-state index >= 15 is 0 Å². The van der Waals surface area contributed by atoms with E-state index in [1.54, 1.807) is 0 Å². The number of para-hydroxylation sites is 1. The number of benzene rings is 1. The van der Waals surface area contributed by atoms with Gasteiger partial charge in [-0.15, -0.1) is 11.3 Å². The van der Waals surface area contributed by atoms with Crippen molar-refractivity contribution < 1.29 is 4.79 Å². The third kappa shape index (κ3) is 3.45. The maximum atomic E-state index is 12.6. The molecule has 4 heteroatoms. The summed E-state index contributed by atoms with van der Waals surface area (Å²) in [5.41, 5.74) is 0.959. The van der Waals surface area contributed by atoms with Gasteiger partial charge in [0.2, 0.25) is 0 Å². The molecule has 2 rings (SSSR count). The third-order valence-electron chi connectivity index (χ3n) is 2.86. The lowest BCUT2D eigenvalue weighted by Gasteiger charge is -2.22. The number of unbranched alkanes of at least 4 members (excludes halogenated alkanes) is 1. The summed E-state index contributed by atoms with van der Waals surface area (Å²) in [7, 11) is 0. The Labute approximate surface area is 126 Å². The van der Waals surface area contributed by atoms with Crippen LogP contribution in [0.25, 0.3) is 0 Å². The number of rotatable bonds is 5. The standard InChI is InChI=1S/C15H16BrNOS/c1-2-3-10-17(12-7-5-4-6-8-12)15(18)14-13(16)9-11-19-14/h4-9,11H,2-3,10H2,1H3. The number of carbonyl (C=O) groups excluding carboxylic acids is 1. The molecule has 1 aromatic heterocycles. The zero-order valence-corrected chi connectivity index (χ0v) is 13.2. The molecule has 2 nitrogen and oxygen atoms in total. The van der Waals surface area contributed by atoms with Crippen LogP contribution >= 0.6 is 27.3 Å². The van der Waals surface area contributed by atoms with Gasteiger partial charge in [0, 0.05) is 16.7 Å². The van der Waals surface area contributed by atoms with Crippen molar-refractivity contribution in [2.75, 3.05) is 11.4 Å². The van der Waals surface area contributed by atoms with Crippen LogP contribution in [-0.2, 0) is 0 Å². The molecule has 100 valence electrons. The molecular formula is C15H16BrNOS. The van der Waals surface area contributed by atoms with Crippen LogP contribution in [0.4, 0.5) is 5.69 Å². The first-order valence-electron chi connectivity index (χ1n) is 6.34. The highest BCUT2D eigenvalue weighted by Crippen LogP contribution is 2.26. The summed E-state index contributed by atoms with van der Waals surface area (Å²) in [5, 5.41) is 1.93. The second-order valence-electron chi connectivity index (χ2n) is 4.24. The first-order chi connectivity index (χ1) is 9.24. The lowest BCUT2D eigenvalue weighted by atomic mass is 10.2. The van der Waals surface area contributed by atoms with Gasteiger partial charge < -0.3 is 4.90 Å². The van der Waals surface area contributed by atoms with E-state index in [0.717, 1.165) is 34.4 Å². The summed E-state index contributed by atoms with van der Waals surface area (Å²) >= 11 is 4.91. The minimum Gasteiger partial charge on any atom is -0.308 e. The maximum Gasteiger partial charge on any atom is 0.269 e. The van der Waals surface area contributed by atoms with Crippen molar-refractivity contribution in [3.8, 4) is 0 Å². The van der Waals surface area contributed by atoms with Gasteiger partial charge in [0.25, 0.3) is 5.91 Å². The number of thiophene rings is 1. The lowest BCUT2D eigenvalue weighted by Crippen LogP contribution is -2.31. The van der Waals surface area contributed by atoms with Crippen molar-refractivity contribution in [1.82, 2.24) is 0 Å². The highest BCUT2D eigenvalue weighted by molar-refractivity contribution is 9.10. The summed E-state index contributed by atoms with van der Waals surface area (Å²) in [6.07, 6.45) is 2.08. The van der Waals surface area contributed by atoms with Gasteiger partial charge in [-0.3, -0.25) is 4.79 Å². The molecule has 0 atom stereocenters.